The third kappa shape index (κ3) is 2.75. The maximum Gasteiger partial charge on any atom is 0.256 e. The smallest absolute Gasteiger partial charge is 0.256 e. The molecule has 1 atom stereocenters. The second kappa shape index (κ2) is 6.23. The first-order chi connectivity index (χ1) is 12.1. The van der Waals surface area contributed by atoms with Gasteiger partial charge >= 0.3 is 0 Å². The standard InChI is InChI=1S/C18H18FN5O/c1-23-17-16(20-8-9-21-17)15(22-23)12-5-4-10-24(11-12)18(25)13-6-2-3-7-14(13)19/h2-3,6-9,12H,4-5,10-11H2,1H3. The summed E-state index contributed by atoms with van der Waals surface area (Å²) in [5.74, 6) is -0.678. The third-order valence-corrected chi connectivity index (χ3v) is 4.69. The molecule has 1 aromatic carbocycles. The molecule has 7 heteroatoms. The first kappa shape index (κ1) is 15.7. The van der Waals surface area contributed by atoms with Crippen molar-refractivity contribution in [1.82, 2.24) is 24.6 Å². The average molecular weight is 339 g/mol. The number of halogens is 1. The summed E-state index contributed by atoms with van der Waals surface area (Å²) in [5.41, 5.74) is 2.48. The first-order valence-corrected chi connectivity index (χ1v) is 8.32. The molecule has 1 aliphatic rings. The van der Waals surface area contributed by atoms with Gasteiger partial charge in [0.05, 0.1) is 11.3 Å². The van der Waals surface area contributed by atoms with E-state index in [1.165, 1.54) is 12.1 Å². The highest BCUT2D eigenvalue weighted by atomic mass is 19.1. The molecule has 1 fully saturated rings. The zero-order chi connectivity index (χ0) is 17.4. The first-order valence-electron chi connectivity index (χ1n) is 8.32. The predicted octanol–water partition coefficient (Wildman–Crippen LogP) is 2.52. The van der Waals surface area contributed by atoms with Crippen LogP contribution in [-0.4, -0.2) is 43.6 Å². The van der Waals surface area contributed by atoms with E-state index in [4.69, 9.17) is 0 Å². The van der Waals surface area contributed by atoms with Gasteiger partial charge in [0.1, 0.15) is 11.3 Å². The van der Waals surface area contributed by atoms with Crippen LogP contribution in [0, 0.1) is 5.82 Å². The van der Waals surface area contributed by atoms with Gasteiger partial charge in [0.25, 0.3) is 5.91 Å². The largest absolute Gasteiger partial charge is 0.338 e. The van der Waals surface area contributed by atoms with Crippen molar-refractivity contribution in [2.75, 3.05) is 13.1 Å². The Balaban J connectivity index is 1.63. The van der Waals surface area contributed by atoms with Crippen molar-refractivity contribution >= 4 is 17.1 Å². The molecule has 3 aromatic rings. The van der Waals surface area contributed by atoms with E-state index in [1.807, 2.05) is 7.05 Å². The number of aromatic nitrogens is 4. The second-order valence-electron chi connectivity index (χ2n) is 6.31. The van der Waals surface area contributed by atoms with Gasteiger partial charge in [-0.3, -0.25) is 4.79 Å². The van der Waals surface area contributed by atoms with E-state index in [1.54, 1.807) is 34.1 Å². The fraction of sp³-hybridized carbons (Fsp3) is 0.333. The van der Waals surface area contributed by atoms with Gasteiger partial charge in [-0.1, -0.05) is 12.1 Å². The lowest BCUT2D eigenvalue weighted by molar-refractivity contribution is 0.0701. The molecule has 25 heavy (non-hydrogen) atoms. The highest BCUT2D eigenvalue weighted by Crippen LogP contribution is 2.30. The Hall–Kier alpha value is -2.83. The average Bonchev–Trinajstić information content (AvgIpc) is 2.99. The lowest BCUT2D eigenvalue weighted by atomic mass is 9.93. The van der Waals surface area contributed by atoms with Crippen molar-refractivity contribution in [3.8, 4) is 0 Å². The molecule has 0 N–H and O–H groups in total. The maximum absolute atomic E-state index is 13.9. The minimum Gasteiger partial charge on any atom is -0.338 e. The lowest BCUT2D eigenvalue weighted by Crippen LogP contribution is -2.39. The van der Waals surface area contributed by atoms with Crippen LogP contribution in [0.25, 0.3) is 11.2 Å². The minimum absolute atomic E-state index is 0.0740. The van der Waals surface area contributed by atoms with E-state index in [9.17, 15) is 9.18 Å². The van der Waals surface area contributed by atoms with Crippen LogP contribution in [0.2, 0.25) is 0 Å². The number of rotatable bonds is 2. The van der Waals surface area contributed by atoms with Crippen LogP contribution >= 0.6 is 0 Å². The van der Waals surface area contributed by atoms with E-state index in [0.29, 0.717) is 13.1 Å². The van der Waals surface area contributed by atoms with Crippen molar-refractivity contribution in [3.05, 3.63) is 53.7 Å². The summed E-state index contributed by atoms with van der Waals surface area (Å²) in [5, 5.41) is 4.58. The van der Waals surface area contributed by atoms with Crippen molar-refractivity contribution < 1.29 is 9.18 Å². The fourth-order valence-corrected chi connectivity index (χ4v) is 3.47. The summed E-state index contributed by atoms with van der Waals surface area (Å²) in [6.07, 6.45) is 5.06. The maximum atomic E-state index is 13.9. The lowest BCUT2D eigenvalue weighted by Gasteiger charge is -2.32. The van der Waals surface area contributed by atoms with Crippen LogP contribution in [0.5, 0.6) is 0 Å². The topological polar surface area (TPSA) is 63.9 Å². The Bertz CT molecular complexity index is 938. The summed E-state index contributed by atoms with van der Waals surface area (Å²) < 4.78 is 15.7. The monoisotopic (exact) mass is 339 g/mol. The van der Waals surface area contributed by atoms with Crippen LogP contribution in [0.15, 0.2) is 36.7 Å². The van der Waals surface area contributed by atoms with Gasteiger partial charge in [0.15, 0.2) is 5.65 Å². The Morgan fingerprint density at radius 2 is 2.04 bits per heavy atom. The molecule has 4 rings (SSSR count). The van der Waals surface area contributed by atoms with Crippen LogP contribution in [0.3, 0.4) is 0 Å². The number of fused-ring (bicyclic) bond motifs is 1. The number of hydrogen-bond donors (Lipinski definition) is 0. The quantitative estimate of drug-likeness (QED) is 0.720. The molecule has 1 unspecified atom stereocenters. The SMILES string of the molecule is Cn1nc(C2CCCN(C(=O)c3ccccc3F)C2)c2nccnc21. The van der Waals surface area contributed by atoms with Crippen LogP contribution < -0.4 is 0 Å². The number of carbonyl (C=O) groups is 1. The van der Waals surface area contributed by atoms with E-state index >= 15 is 0 Å². The molecule has 128 valence electrons. The number of carbonyl (C=O) groups excluding carboxylic acids is 1. The highest BCUT2D eigenvalue weighted by molar-refractivity contribution is 5.94. The second-order valence-corrected chi connectivity index (χ2v) is 6.31. The number of nitrogens with zero attached hydrogens (tertiary/aromatic N) is 5. The number of benzene rings is 1. The Morgan fingerprint density at radius 3 is 2.88 bits per heavy atom. The van der Waals surface area contributed by atoms with E-state index in [0.717, 1.165) is 29.7 Å². The predicted molar refractivity (Wildman–Crippen MR) is 90.6 cm³/mol. The summed E-state index contributed by atoms with van der Waals surface area (Å²) in [6, 6.07) is 6.11. The third-order valence-electron chi connectivity index (χ3n) is 4.69. The number of likely N-dealkylation sites (tertiary alicyclic amines) is 1. The van der Waals surface area contributed by atoms with Crippen molar-refractivity contribution in [3.63, 3.8) is 0 Å². The number of aryl methyl sites for hydroxylation is 1. The molecule has 0 saturated carbocycles. The molecule has 3 heterocycles. The highest BCUT2D eigenvalue weighted by Gasteiger charge is 2.30. The van der Waals surface area contributed by atoms with Crippen LogP contribution in [0.1, 0.15) is 34.8 Å². The summed E-state index contributed by atoms with van der Waals surface area (Å²) >= 11 is 0. The van der Waals surface area contributed by atoms with Crippen LogP contribution in [0.4, 0.5) is 4.39 Å². The molecular weight excluding hydrogens is 321 g/mol. The van der Waals surface area contributed by atoms with Gasteiger partial charge in [0.2, 0.25) is 0 Å². The number of piperidine rings is 1. The Kier molecular flexibility index (Phi) is 3.91. The van der Waals surface area contributed by atoms with Gasteiger partial charge < -0.3 is 4.90 Å². The Labute approximate surface area is 144 Å². The minimum atomic E-state index is -0.483. The molecule has 1 saturated heterocycles. The molecule has 1 aliphatic heterocycles. The molecule has 0 aliphatic carbocycles. The van der Waals surface area contributed by atoms with E-state index in [-0.39, 0.29) is 17.4 Å². The number of hydrogen-bond acceptors (Lipinski definition) is 4. The van der Waals surface area contributed by atoms with Gasteiger partial charge in [-0.05, 0) is 25.0 Å². The van der Waals surface area contributed by atoms with Crippen molar-refractivity contribution in [1.29, 1.82) is 0 Å². The molecule has 2 aromatic heterocycles. The van der Waals surface area contributed by atoms with E-state index < -0.39 is 5.82 Å². The van der Waals surface area contributed by atoms with Crippen LogP contribution in [-0.2, 0) is 7.05 Å². The van der Waals surface area contributed by atoms with Crippen molar-refractivity contribution in [2.45, 2.75) is 18.8 Å². The molecule has 0 spiro atoms. The summed E-state index contributed by atoms with van der Waals surface area (Å²) in [4.78, 5) is 23.1. The van der Waals surface area contributed by atoms with Gasteiger partial charge in [-0.15, -0.1) is 0 Å². The molecule has 0 radical (unpaired) electrons. The zero-order valence-corrected chi connectivity index (χ0v) is 13.9. The number of amides is 1. The summed E-state index contributed by atoms with van der Waals surface area (Å²) in [7, 11) is 1.84. The molecule has 1 amide bonds. The molecule has 6 nitrogen and oxygen atoms in total. The van der Waals surface area contributed by atoms with Crippen molar-refractivity contribution in [2.24, 2.45) is 7.05 Å². The van der Waals surface area contributed by atoms with Gasteiger partial charge in [-0.2, -0.15) is 5.10 Å². The summed E-state index contributed by atoms with van der Waals surface area (Å²) in [6.45, 7) is 1.13. The molecule has 0 bridgehead atoms. The molecular formula is C18H18FN5O. The van der Waals surface area contributed by atoms with Gasteiger partial charge in [0, 0.05) is 38.4 Å². The zero-order valence-electron chi connectivity index (χ0n) is 13.9. The normalized spacial score (nSPS) is 17.8. The Morgan fingerprint density at radius 1 is 1.24 bits per heavy atom. The fourth-order valence-electron chi connectivity index (χ4n) is 3.47. The van der Waals surface area contributed by atoms with E-state index in [2.05, 4.69) is 15.1 Å². The van der Waals surface area contributed by atoms with Gasteiger partial charge in [-0.25, -0.2) is 19.0 Å².